The molecular formula is C18H26N2O3. The molecule has 1 saturated carbocycles. The number of aliphatic hydroxyl groups is 1. The fourth-order valence-electron chi connectivity index (χ4n) is 3.08. The van der Waals surface area contributed by atoms with Crippen molar-refractivity contribution in [3.63, 3.8) is 0 Å². The standard InChI is InChI=1S/C18H26N2O3/c1-3-17(22)20(2)16-7-5-4-6-15(16)18(23)19-14-10-8-13(12-21)9-11-14/h4-7,13-14,21H,3,8-12H2,1-2H3,(H,19,23). The van der Waals surface area contributed by atoms with Gasteiger partial charge in [-0.3, -0.25) is 9.59 Å². The number of nitrogens with one attached hydrogen (secondary N) is 1. The molecule has 5 heteroatoms. The fraction of sp³-hybridized carbons (Fsp3) is 0.556. The van der Waals surface area contributed by atoms with E-state index in [2.05, 4.69) is 5.32 Å². The number of hydrogen-bond donors (Lipinski definition) is 2. The van der Waals surface area contributed by atoms with Gasteiger partial charge in [0.05, 0.1) is 11.3 Å². The molecule has 0 spiro atoms. The van der Waals surface area contributed by atoms with Crippen LogP contribution in [0.25, 0.3) is 0 Å². The van der Waals surface area contributed by atoms with E-state index in [-0.39, 0.29) is 24.5 Å². The maximum atomic E-state index is 12.6. The van der Waals surface area contributed by atoms with E-state index in [0.717, 1.165) is 25.7 Å². The maximum Gasteiger partial charge on any atom is 0.253 e. The van der Waals surface area contributed by atoms with Gasteiger partial charge < -0.3 is 15.3 Å². The number of hydrogen-bond acceptors (Lipinski definition) is 3. The molecule has 0 atom stereocenters. The summed E-state index contributed by atoms with van der Waals surface area (Å²) in [7, 11) is 1.70. The summed E-state index contributed by atoms with van der Waals surface area (Å²) in [5.74, 6) is 0.209. The molecule has 1 fully saturated rings. The van der Waals surface area contributed by atoms with Crippen molar-refractivity contribution in [2.75, 3.05) is 18.6 Å². The molecule has 0 saturated heterocycles. The van der Waals surface area contributed by atoms with Gasteiger partial charge in [0.1, 0.15) is 0 Å². The van der Waals surface area contributed by atoms with Crippen LogP contribution in [0.15, 0.2) is 24.3 Å². The van der Waals surface area contributed by atoms with Gasteiger partial charge >= 0.3 is 0 Å². The van der Waals surface area contributed by atoms with Crippen molar-refractivity contribution in [1.82, 2.24) is 5.32 Å². The molecule has 1 aliphatic carbocycles. The summed E-state index contributed by atoms with van der Waals surface area (Å²) >= 11 is 0. The van der Waals surface area contributed by atoms with Gasteiger partial charge in [-0.1, -0.05) is 19.1 Å². The molecule has 1 aromatic rings. The van der Waals surface area contributed by atoms with Crippen LogP contribution in [0.2, 0.25) is 0 Å². The van der Waals surface area contributed by atoms with Gasteiger partial charge in [0.15, 0.2) is 0 Å². The molecule has 2 N–H and O–H groups in total. The van der Waals surface area contributed by atoms with Crippen molar-refractivity contribution in [1.29, 1.82) is 0 Å². The van der Waals surface area contributed by atoms with Crippen molar-refractivity contribution in [3.05, 3.63) is 29.8 Å². The third-order valence-corrected chi connectivity index (χ3v) is 4.63. The van der Waals surface area contributed by atoms with Crippen molar-refractivity contribution in [2.45, 2.75) is 45.1 Å². The number of benzene rings is 1. The summed E-state index contributed by atoms with van der Waals surface area (Å²) in [6.07, 6.45) is 4.07. The predicted octanol–water partition coefficient (Wildman–Crippen LogP) is 2.34. The van der Waals surface area contributed by atoms with Crippen LogP contribution in [0, 0.1) is 5.92 Å². The van der Waals surface area contributed by atoms with E-state index in [1.807, 2.05) is 12.1 Å². The Hall–Kier alpha value is -1.88. The summed E-state index contributed by atoms with van der Waals surface area (Å²) in [4.78, 5) is 26.1. The molecule has 2 amide bonds. The molecule has 0 aromatic heterocycles. The smallest absolute Gasteiger partial charge is 0.253 e. The minimum atomic E-state index is -0.135. The molecule has 126 valence electrons. The highest BCUT2D eigenvalue weighted by atomic mass is 16.3. The zero-order valence-electron chi connectivity index (χ0n) is 13.9. The summed E-state index contributed by atoms with van der Waals surface area (Å²) in [6, 6.07) is 7.34. The van der Waals surface area contributed by atoms with Crippen LogP contribution in [0.3, 0.4) is 0 Å². The Labute approximate surface area is 137 Å². The topological polar surface area (TPSA) is 69.6 Å². The number of rotatable bonds is 5. The van der Waals surface area contributed by atoms with Gasteiger partial charge in [-0.05, 0) is 43.7 Å². The van der Waals surface area contributed by atoms with E-state index in [9.17, 15) is 14.7 Å². The molecular weight excluding hydrogens is 292 g/mol. The molecule has 5 nitrogen and oxygen atoms in total. The van der Waals surface area contributed by atoms with Gasteiger partial charge in [0.25, 0.3) is 5.91 Å². The number of carbonyl (C=O) groups excluding carboxylic acids is 2. The lowest BCUT2D eigenvalue weighted by atomic mass is 9.86. The Morgan fingerprint density at radius 2 is 1.87 bits per heavy atom. The normalized spacial score (nSPS) is 20.8. The highest BCUT2D eigenvalue weighted by Crippen LogP contribution is 2.25. The first-order chi connectivity index (χ1) is 11.1. The van der Waals surface area contributed by atoms with Crippen LogP contribution in [-0.4, -0.2) is 36.6 Å². The van der Waals surface area contributed by atoms with Gasteiger partial charge in [0, 0.05) is 26.1 Å². The van der Waals surface area contributed by atoms with E-state index in [1.165, 1.54) is 4.90 Å². The molecule has 1 aliphatic rings. The van der Waals surface area contributed by atoms with E-state index >= 15 is 0 Å². The lowest BCUT2D eigenvalue weighted by Crippen LogP contribution is -2.39. The zero-order valence-corrected chi connectivity index (χ0v) is 13.9. The molecule has 0 unspecified atom stereocenters. The number of carbonyl (C=O) groups is 2. The first kappa shape index (κ1) is 17.5. The quantitative estimate of drug-likeness (QED) is 0.875. The first-order valence-electron chi connectivity index (χ1n) is 8.34. The maximum absolute atomic E-state index is 12.6. The average molecular weight is 318 g/mol. The number of amides is 2. The van der Waals surface area contributed by atoms with Crippen LogP contribution in [0.5, 0.6) is 0 Å². The van der Waals surface area contributed by atoms with E-state index in [4.69, 9.17) is 0 Å². The minimum Gasteiger partial charge on any atom is -0.396 e. The van der Waals surface area contributed by atoms with Crippen molar-refractivity contribution in [3.8, 4) is 0 Å². The largest absolute Gasteiger partial charge is 0.396 e. The second kappa shape index (κ2) is 8.11. The van der Waals surface area contributed by atoms with Crippen molar-refractivity contribution in [2.24, 2.45) is 5.92 Å². The van der Waals surface area contributed by atoms with Gasteiger partial charge in [0.2, 0.25) is 5.91 Å². The van der Waals surface area contributed by atoms with E-state index < -0.39 is 0 Å². The third-order valence-electron chi connectivity index (χ3n) is 4.63. The lowest BCUT2D eigenvalue weighted by Gasteiger charge is -2.28. The van der Waals surface area contributed by atoms with Gasteiger partial charge in [-0.2, -0.15) is 0 Å². The fourth-order valence-corrected chi connectivity index (χ4v) is 3.08. The number of para-hydroxylation sites is 1. The Kier molecular flexibility index (Phi) is 6.16. The molecule has 0 heterocycles. The highest BCUT2D eigenvalue weighted by Gasteiger charge is 2.24. The molecule has 0 radical (unpaired) electrons. The second-order valence-electron chi connectivity index (χ2n) is 6.20. The minimum absolute atomic E-state index is 0.0197. The van der Waals surface area contributed by atoms with Gasteiger partial charge in [-0.25, -0.2) is 0 Å². The predicted molar refractivity (Wildman–Crippen MR) is 90.4 cm³/mol. The number of aliphatic hydroxyl groups excluding tert-OH is 1. The van der Waals surface area contributed by atoms with Crippen LogP contribution in [0.1, 0.15) is 49.4 Å². The van der Waals surface area contributed by atoms with Gasteiger partial charge in [-0.15, -0.1) is 0 Å². The number of anilines is 1. The van der Waals surface area contributed by atoms with Crippen LogP contribution in [0.4, 0.5) is 5.69 Å². The average Bonchev–Trinajstić information content (AvgIpc) is 2.61. The van der Waals surface area contributed by atoms with E-state index in [1.54, 1.807) is 26.1 Å². The lowest BCUT2D eigenvalue weighted by molar-refractivity contribution is -0.118. The van der Waals surface area contributed by atoms with E-state index in [0.29, 0.717) is 23.6 Å². The van der Waals surface area contributed by atoms with Crippen molar-refractivity contribution >= 4 is 17.5 Å². The Bertz CT molecular complexity index is 551. The molecule has 1 aromatic carbocycles. The van der Waals surface area contributed by atoms with Crippen LogP contribution < -0.4 is 10.2 Å². The summed E-state index contributed by atoms with van der Waals surface area (Å²) in [5, 5.41) is 12.3. The first-order valence-corrected chi connectivity index (χ1v) is 8.34. The summed E-state index contributed by atoms with van der Waals surface area (Å²) < 4.78 is 0. The molecule has 2 rings (SSSR count). The van der Waals surface area contributed by atoms with Crippen LogP contribution in [-0.2, 0) is 4.79 Å². The second-order valence-corrected chi connectivity index (χ2v) is 6.20. The molecule has 23 heavy (non-hydrogen) atoms. The highest BCUT2D eigenvalue weighted by molar-refractivity contribution is 6.04. The Balaban J connectivity index is 2.06. The molecule has 0 aliphatic heterocycles. The van der Waals surface area contributed by atoms with Crippen molar-refractivity contribution < 1.29 is 14.7 Å². The third kappa shape index (κ3) is 4.32. The Morgan fingerprint density at radius 3 is 2.48 bits per heavy atom. The number of nitrogens with zero attached hydrogens (tertiary/aromatic N) is 1. The SMILES string of the molecule is CCC(=O)N(C)c1ccccc1C(=O)NC1CCC(CO)CC1. The summed E-state index contributed by atoms with van der Waals surface area (Å²) in [5.41, 5.74) is 1.17. The van der Waals surface area contributed by atoms with Crippen LogP contribution >= 0.6 is 0 Å². The summed E-state index contributed by atoms with van der Waals surface area (Å²) in [6.45, 7) is 2.04. The zero-order chi connectivity index (χ0) is 16.8. The Morgan fingerprint density at radius 1 is 1.22 bits per heavy atom. The molecule has 0 bridgehead atoms. The monoisotopic (exact) mass is 318 g/mol.